The molecule has 3 aromatic rings. The van der Waals surface area contributed by atoms with Crippen molar-refractivity contribution in [3.63, 3.8) is 0 Å². The summed E-state index contributed by atoms with van der Waals surface area (Å²) < 4.78 is 19.0. The van der Waals surface area contributed by atoms with E-state index < -0.39 is 0 Å². The van der Waals surface area contributed by atoms with E-state index in [2.05, 4.69) is 29.6 Å². The Morgan fingerprint density at radius 3 is 2.50 bits per heavy atom. The minimum absolute atomic E-state index is 0.101. The number of rotatable bonds is 3. The summed E-state index contributed by atoms with van der Waals surface area (Å²) in [5, 5.41) is 5.24. The second-order valence-electron chi connectivity index (χ2n) is 8.96. The number of hydrogen-bond acceptors (Lipinski definition) is 3. The number of fused-ring (bicyclic) bond motifs is 5. The number of ketones is 1. The third kappa shape index (κ3) is 4.80. The highest BCUT2D eigenvalue weighted by Gasteiger charge is 2.24. The first-order chi connectivity index (χ1) is 17.7. The maximum atomic E-state index is 13.6. The van der Waals surface area contributed by atoms with E-state index in [0.29, 0.717) is 17.7 Å². The Bertz CT molecular complexity index is 1500. The largest absolute Gasteiger partial charge is 0.496 e. The van der Waals surface area contributed by atoms with E-state index in [9.17, 15) is 9.18 Å². The van der Waals surface area contributed by atoms with Gasteiger partial charge in [-0.2, -0.15) is 0 Å². The lowest BCUT2D eigenvalue weighted by molar-refractivity contribution is 0.0943. The molecule has 1 N–H and O–H groups in total. The van der Waals surface area contributed by atoms with Gasteiger partial charge in [0.25, 0.3) is 0 Å². The van der Waals surface area contributed by atoms with Crippen molar-refractivity contribution >= 4 is 17.9 Å². The molecule has 36 heavy (non-hydrogen) atoms. The summed E-state index contributed by atoms with van der Waals surface area (Å²) >= 11 is 0. The summed E-state index contributed by atoms with van der Waals surface area (Å²) in [7, 11) is 1.59. The molecule has 0 radical (unpaired) electrons. The zero-order valence-corrected chi connectivity index (χ0v) is 20.2. The standard InChI is InChI=1S/C26H21FO2.C6H7N/c1-29-25-5-3-2-4-23(25)26(28)18-7-6-16-8-11-21-20-13-10-19(27)14-17(20)9-12-22(21)24(16)15-18;1-2-4-6-7-5-3-1/h2-5,8,10-15,18H,6-7,9H2,1H3;1-7H. The van der Waals surface area contributed by atoms with Crippen molar-refractivity contribution in [2.75, 3.05) is 7.11 Å². The maximum absolute atomic E-state index is 13.6. The summed E-state index contributed by atoms with van der Waals surface area (Å²) in [5.74, 6) is 0.346. The molecule has 1 unspecified atom stereocenters. The Kier molecular flexibility index (Phi) is 6.94. The van der Waals surface area contributed by atoms with Gasteiger partial charge in [0.1, 0.15) is 11.6 Å². The van der Waals surface area contributed by atoms with Crippen molar-refractivity contribution in [1.29, 1.82) is 0 Å². The van der Waals surface area contributed by atoms with Crippen LogP contribution in [-0.4, -0.2) is 12.9 Å². The van der Waals surface area contributed by atoms with Gasteiger partial charge in [0.05, 0.1) is 12.7 Å². The Balaban J connectivity index is 0.000000330. The van der Waals surface area contributed by atoms with Crippen LogP contribution in [0.15, 0.2) is 91.3 Å². The molecule has 3 nitrogen and oxygen atoms in total. The van der Waals surface area contributed by atoms with Crippen LogP contribution in [0.3, 0.4) is 0 Å². The monoisotopic (exact) mass is 477 g/mol. The molecular formula is C32H28FNO2. The molecule has 3 aromatic carbocycles. The number of nitrogens with one attached hydrogen (secondary N) is 1. The average molecular weight is 478 g/mol. The van der Waals surface area contributed by atoms with Crippen molar-refractivity contribution in [3.05, 3.63) is 124 Å². The third-order valence-corrected chi connectivity index (χ3v) is 6.78. The van der Waals surface area contributed by atoms with Crippen LogP contribution in [-0.2, 0) is 12.8 Å². The van der Waals surface area contributed by atoms with Crippen LogP contribution in [0.2, 0.25) is 0 Å². The zero-order valence-electron chi connectivity index (χ0n) is 20.2. The van der Waals surface area contributed by atoms with E-state index in [0.717, 1.165) is 34.8 Å². The minimum atomic E-state index is -0.201. The second-order valence-corrected chi connectivity index (χ2v) is 8.96. The number of halogens is 1. The number of ether oxygens (including phenoxy) is 1. The number of carbonyl (C=O) groups is 1. The normalized spacial score (nSPS) is 16.4. The summed E-state index contributed by atoms with van der Waals surface area (Å²) in [5.41, 5.74) is 5.11. The SMILES string of the molecule is C1=CC=CNC=C1.COc1ccccc1C(=O)C1C=c2c(ccc3c2=CCc2cc(F)ccc2-3)CC1. The molecule has 0 bridgehead atoms. The lowest BCUT2D eigenvalue weighted by Crippen LogP contribution is -2.37. The fourth-order valence-electron chi connectivity index (χ4n) is 5.01. The molecular weight excluding hydrogens is 449 g/mol. The minimum Gasteiger partial charge on any atom is -0.496 e. The number of carbonyl (C=O) groups excluding carboxylic acids is 1. The first-order valence-electron chi connectivity index (χ1n) is 12.2. The second kappa shape index (κ2) is 10.6. The molecule has 0 saturated heterocycles. The van der Waals surface area contributed by atoms with E-state index >= 15 is 0 Å². The van der Waals surface area contributed by atoms with Crippen LogP contribution in [0, 0.1) is 11.7 Å². The highest BCUT2D eigenvalue weighted by molar-refractivity contribution is 6.03. The van der Waals surface area contributed by atoms with Crippen molar-refractivity contribution in [1.82, 2.24) is 5.32 Å². The molecule has 0 aromatic heterocycles. The fourth-order valence-corrected chi connectivity index (χ4v) is 5.01. The van der Waals surface area contributed by atoms with Crippen LogP contribution >= 0.6 is 0 Å². The Hall–Kier alpha value is -4.18. The van der Waals surface area contributed by atoms with Gasteiger partial charge in [0.2, 0.25) is 0 Å². The molecule has 1 atom stereocenters. The van der Waals surface area contributed by atoms with Gasteiger partial charge in [0.15, 0.2) is 5.78 Å². The van der Waals surface area contributed by atoms with E-state index in [4.69, 9.17) is 4.74 Å². The summed E-state index contributed by atoms with van der Waals surface area (Å²) in [6, 6.07) is 16.7. The molecule has 180 valence electrons. The van der Waals surface area contributed by atoms with Crippen LogP contribution in [0.5, 0.6) is 5.75 Å². The Labute approximate surface area is 210 Å². The first-order valence-corrected chi connectivity index (χ1v) is 12.2. The highest BCUT2D eigenvalue weighted by Crippen LogP contribution is 2.28. The van der Waals surface area contributed by atoms with E-state index in [-0.39, 0.29) is 17.5 Å². The first kappa shape index (κ1) is 23.6. The van der Waals surface area contributed by atoms with Gasteiger partial charge >= 0.3 is 0 Å². The van der Waals surface area contributed by atoms with Crippen molar-refractivity contribution < 1.29 is 13.9 Å². The number of aryl methyl sites for hydroxylation is 1. The van der Waals surface area contributed by atoms with Gasteiger partial charge in [-0.05, 0) is 88.4 Å². The molecule has 3 aliphatic rings. The smallest absolute Gasteiger partial charge is 0.173 e. The van der Waals surface area contributed by atoms with Crippen LogP contribution in [0.25, 0.3) is 23.3 Å². The third-order valence-electron chi connectivity index (χ3n) is 6.78. The maximum Gasteiger partial charge on any atom is 0.173 e. The van der Waals surface area contributed by atoms with Gasteiger partial charge in [-0.1, -0.05) is 54.6 Å². The lowest BCUT2D eigenvalue weighted by atomic mass is 9.82. The predicted octanol–water partition coefficient (Wildman–Crippen LogP) is 5.24. The van der Waals surface area contributed by atoms with Gasteiger partial charge in [0, 0.05) is 18.3 Å². The van der Waals surface area contributed by atoms with Gasteiger partial charge < -0.3 is 10.1 Å². The van der Waals surface area contributed by atoms with E-state index in [1.54, 1.807) is 13.2 Å². The van der Waals surface area contributed by atoms with E-state index in [1.165, 1.54) is 16.8 Å². The van der Waals surface area contributed by atoms with Gasteiger partial charge in [-0.3, -0.25) is 4.79 Å². The average Bonchev–Trinajstić information content (AvgIpc) is 3.25. The number of para-hydroxylation sites is 1. The van der Waals surface area contributed by atoms with Crippen LogP contribution in [0.4, 0.5) is 4.39 Å². The number of benzene rings is 3. The molecule has 0 amide bonds. The molecule has 6 rings (SSSR count). The number of allylic oxidation sites excluding steroid dienone is 4. The predicted molar refractivity (Wildman–Crippen MR) is 143 cm³/mol. The molecule has 4 heteroatoms. The Morgan fingerprint density at radius 2 is 1.69 bits per heavy atom. The molecule has 1 aliphatic heterocycles. The van der Waals surface area contributed by atoms with Crippen molar-refractivity contribution in [2.45, 2.75) is 19.3 Å². The van der Waals surface area contributed by atoms with E-state index in [1.807, 2.05) is 67.0 Å². The van der Waals surface area contributed by atoms with Crippen LogP contribution in [0.1, 0.15) is 27.9 Å². The zero-order chi connectivity index (χ0) is 24.9. The molecule has 0 spiro atoms. The topological polar surface area (TPSA) is 38.3 Å². The molecule has 0 fully saturated rings. The fraction of sp³-hybridized carbons (Fsp3) is 0.156. The molecule has 0 saturated carbocycles. The molecule has 2 aliphatic carbocycles. The summed E-state index contributed by atoms with van der Waals surface area (Å²) in [4.78, 5) is 13.2. The van der Waals surface area contributed by atoms with Crippen LogP contribution < -0.4 is 20.5 Å². The molecule has 1 heterocycles. The number of hydrogen-bond donors (Lipinski definition) is 1. The lowest BCUT2D eigenvalue weighted by Gasteiger charge is -2.22. The van der Waals surface area contributed by atoms with Crippen molar-refractivity contribution in [2.24, 2.45) is 5.92 Å². The highest BCUT2D eigenvalue weighted by atomic mass is 19.1. The summed E-state index contributed by atoms with van der Waals surface area (Å²) in [6.45, 7) is 0. The quantitative estimate of drug-likeness (QED) is 0.525. The Morgan fingerprint density at radius 1 is 0.917 bits per heavy atom. The van der Waals surface area contributed by atoms with Gasteiger partial charge in [-0.15, -0.1) is 0 Å². The van der Waals surface area contributed by atoms with Crippen molar-refractivity contribution in [3.8, 4) is 16.9 Å². The number of methoxy groups -OCH3 is 1. The van der Waals surface area contributed by atoms with Gasteiger partial charge in [-0.25, -0.2) is 4.39 Å². The summed E-state index contributed by atoms with van der Waals surface area (Å²) in [6.07, 6.45) is 18.2. The number of Topliss-reactive ketones (excluding diaryl/α,β-unsaturated/α-hetero) is 1.